The molecule has 100 valence electrons. The third-order valence-corrected chi connectivity index (χ3v) is 3.34. The van der Waals surface area contributed by atoms with Crippen molar-refractivity contribution in [3.05, 3.63) is 56.1 Å². The summed E-state index contributed by atoms with van der Waals surface area (Å²) in [6.07, 6.45) is 0. The van der Waals surface area contributed by atoms with Gasteiger partial charge in [-0.1, -0.05) is 28.5 Å². The molecule has 20 heavy (non-hydrogen) atoms. The molecule has 7 nitrogen and oxygen atoms in total. The molecule has 0 aliphatic carbocycles. The number of hydroxylamine groups is 2. The van der Waals surface area contributed by atoms with Gasteiger partial charge in [0.25, 0.3) is 11.8 Å². The molecule has 0 unspecified atom stereocenters. The van der Waals surface area contributed by atoms with Gasteiger partial charge in [-0.25, -0.2) is 4.79 Å². The molecule has 1 N–H and O–H groups in total. The zero-order chi connectivity index (χ0) is 14.3. The summed E-state index contributed by atoms with van der Waals surface area (Å²) in [7, 11) is 0. The second-order valence-corrected chi connectivity index (χ2v) is 4.73. The monoisotopic (exact) mass is 290 g/mol. The van der Waals surface area contributed by atoms with Crippen LogP contribution in [-0.4, -0.2) is 27.8 Å². The van der Waals surface area contributed by atoms with Crippen molar-refractivity contribution in [3.63, 3.8) is 0 Å². The molecule has 1 aromatic heterocycles. The van der Waals surface area contributed by atoms with Gasteiger partial charge in [-0.05, 0) is 12.1 Å². The highest BCUT2D eigenvalue weighted by atomic mass is 32.1. The maximum atomic E-state index is 11.9. The van der Waals surface area contributed by atoms with E-state index in [9.17, 15) is 19.2 Å². The first-order valence-electron chi connectivity index (χ1n) is 5.46. The number of hydrogen-bond acceptors (Lipinski definition) is 6. The minimum absolute atomic E-state index is 0.114. The Kier molecular flexibility index (Phi) is 2.72. The van der Waals surface area contributed by atoms with E-state index in [0.717, 1.165) is 11.3 Å². The van der Waals surface area contributed by atoms with E-state index in [1.807, 2.05) is 0 Å². The standard InChI is InChI=1S/C12H6N2O5S/c15-9-6-3-1-2-4-7(6)10(16)14(9)19-11(17)8-5-20-12(18)13-8/h1-5H,(H,13,18). The number of fused-ring (bicyclic) bond motifs is 1. The number of aromatic nitrogens is 1. The summed E-state index contributed by atoms with van der Waals surface area (Å²) in [6.45, 7) is 0. The highest BCUT2D eigenvalue weighted by molar-refractivity contribution is 7.07. The molecule has 1 aliphatic heterocycles. The van der Waals surface area contributed by atoms with Crippen LogP contribution >= 0.6 is 11.3 Å². The third kappa shape index (κ3) is 1.82. The number of nitrogens with one attached hydrogen (secondary N) is 1. The van der Waals surface area contributed by atoms with Crippen molar-refractivity contribution in [2.24, 2.45) is 0 Å². The number of hydrogen-bond donors (Lipinski definition) is 1. The lowest BCUT2D eigenvalue weighted by molar-refractivity contribution is -0.0588. The minimum Gasteiger partial charge on any atom is -0.323 e. The summed E-state index contributed by atoms with van der Waals surface area (Å²) in [6, 6.07) is 6.14. The molecule has 2 heterocycles. The van der Waals surface area contributed by atoms with Gasteiger partial charge in [-0.3, -0.25) is 14.4 Å². The molecule has 8 heteroatoms. The number of aromatic amines is 1. The van der Waals surface area contributed by atoms with E-state index in [1.165, 1.54) is 17.5 Å². The van der Waals surface area contributed by atoms with Gasteiger partial charge < -0.3 is 9.82 Å². The molecule has 1 aromatic carbocycles. The summed E-state index contributed by atoms with van der Waals surface area (Å²) in [5, 5.41) is 1.64. The van der Waals surface area contributed by atoms with Gasteiger partial charge in [0, 0.05) is 5.38 Å². The van der Waals surface area contributed by atoms with Crippen LogP contribution in [-0.2, 0) is 4.84 Å². The van der Waals surface area contributed by atoms with Crippen LogP contribution in [0.2, 0.25) is 0 Å². The van der Waals surface area contributed by atoms with E-state index in [4.69, 9.17) is 4.84 Å². The highest BCUT2D eigenvalue weighted by Gasteiger charge is 2.38. The average Bonchev–Trinajstić information content (AvgIpc) is 2.98. The number of amides is 2. The number of carbonyl (C=O) groups excluding carboxylic acids is 3. The first-order chi connectivity index (χ1) is 9.58. The Balaban J connectivity index is 1.87. The Morgan fingerprint density at radius 1 is 1.10 bits per heavy atom. The zero-order valence-electron chi connectivity index (χ0n) is 9.78. The van der Waals surface area contributed by atoms with E-state index in [0.29, 0.717) is 5.06 Å². The molecule has 3 rings (SSSR count). The van der Waals surface area contributed by atoms with Crippen molar-refractivity contribution in [2.75, 3.05) is 0 Å². The molecule has 2 amide bonds. The zero-order valence-corrected chi connectivity index (χ0v) is 10.6. The van der Waals surface area contributed by atoms with Crippen molar-refractivity contribution in [2.45, 2.75) is 0 Å². The van der Waals surface area contributed by atoms with Gasteiger partial charge in [-0.15, -0.1) is 0 Å². The third-order valence-electron chi connectivity index (χ3n) is 2.67. The molecule has 0 atom stereocenters. The predicted molar refractivity (Wildman–Crippen MR) is 67.3 cm³/mol. The largest absolute Gasteiger partial charge is 0.380 e. The lowest BCUT2D eigenvalue weighted by Gasteiger charge is -2.11. The van der Waals surface area contributed by atoms with Crippen LogP contribution in [0.15, 0.2) is 34.4 Å². The molecule has 0 saturated carbocycles. The molecular weight excluding hydrogens is 284 g/mol. The van der Waals surface area contributed by atoms with Crippen molar-refractivity contribution in [1.29, 1.82) is 0 Å². The van der Waals surface area contributed by atoms with Crippen molar-refractivity contribution in [1.82, 2.24) is 10.0 Å². The van der Waals surface area contributed by atoms with E-state index >= 15 is 0 Å². The van der Waals surface area contributed by atoms with Gasteiger partial charge in [0.2, 0.25) is 0 Å². The Bertz CT molecular complexity index is 756. The molecule has 2 aromatic rings. The Hall–Kier alpha value is -2.74. The van der Waals surface area contributed by atoms with Gasteiger partial charge in [0.15, 0.2) is 0 Å². The second-order valence-electron chi connectivity index (χ2n) is 3.89. The van der Waals surface area contributed by atoms with E-state index < -0.39 is 22.7 Å². The maximum absolute atomic E-state index is 11.9. The normalized spacial score (nSPS) is 13.5. The fraction of sp³-hybridized carbons (Fsp3) is 0. The fourth-order valence-electron chi connectivity index (χ4n) is 1.76. The molecule has 0 spiro atoms. The number of H-pyrrole nitrogens is 1. The summed E-state index contributed by atoms with van der Waals surface area (Å²) in [5.41, 5.74) is 0.227. The quantitative estimate of drug-likeness (QED) is 0.825. The van der Waals surface area contributed by atoms with Crippen molar-refractivity contribution in [3.8, 4) is 0 Å². The molecule has 0 bridgehead atoms. The first-order valence-corrected chi connectivity index (χ1v) is 6.34. The number of thiazole rings is 1. The van der Waals surface area contributed by atoms with Crippen LogP contribution in [0.5, 0.6) is 0 Å². The van der Waals surface area contributed by atoms with Crippen LogP contribution < -0.4 is 4.87 Å². The minimum atomic E-state index is -0.974. The first kappa shape index (κ1) is 12.3. The second kappa shape index (κ2) is 4.42. The Labute approximate surface area is 115 Å². The lowest BCUT2D eigenvalue weighted by atomic mass is 10.1. The summed E-state index contributed by atoms with van der Waals surface area (Å²) in [4.78, 5) is 53.1. The molecule has 1 aliphatic rings. The smallest absolute Gasteiger partial charge is 0.323 e. The van der Waals surface area contributed by atoms with Crippen molar-refractivity contribution < 1.29 is 19.2 Å². The summed E-state index contributed by atoms with van der Waals surface area (Å²) >= 11 is 0.779. The van der Waals surface area contributed by atoms with E-state index in [-0.39, 0.29) is 16.8 Å². The van der Waals surface area contributed by atoms with E-state index in [1.54, 1.807) is 12.1 Å². The van der Waals surface area contributed by atoms with Crippen LogP contribution in [0.25, 0.3) is 0 Å². The van der Waals surface area contributed by atoms with Gasteiger partial charge in [-0.2, -0.15) is 0 Å². The summed E-state index contributed by atoms with van der Waals surface area (Å²) in [5.74, 6) is -2.40. The number of rotatable bonds is 2. The number of benzene rings is 1. The topological polar surface area (TPSA) is 96.5 Å². The molecule has 0 saturated heterocycles. The average molecular weight is 290 g/mol. The predicted octanol–water partition coefficient (Wildman–Crippen LogP) is 0.804. The fourth-order valence-corrected chi connectivity index (χ4v) is 2.31. The molecular formula is C12H6N2O5S. The number of imide groups is 1. The van der Waals surface area contributed by atoms with Crippen LogP contribution in [0, 0.1) is 0 Å². The van der Waals surface area contributed by atoms with Crippen molar-refractivity contribution >= 4 is 29.1 Å². The van der Waals surface area contributed by atoms with Crippen LogP contribution in [0.4, 0.5) is 0 Å². The number of carbonyl (C=O) groups is 3. The maximum Gasteiger partial charge on any atom is 0.380 e. The van der Waals surface area contributed by atoms with Crippen LogP contribution in [0.1, 0.15) is 31.2 Å². The Morgan fingerprint density at radius 3 is 2.20 bits per heavy atom. The van der Waals surface area contributed by atoms with Gasteiger partial charge in [0.05, 0.1) is 11.1 Å². The Morgan fingerprint density at radius 2 is 1.70 bits per heavy atom. The van der Waals surface area contributed by atoms with Crippen LogP contribution in [0.3, 0.4) is 0 Å². The van der Waals surface area contributed by atoms with Gasteiger partial charge in [0.1, 0.15) is 5.69 Å². The molecule has 0 fully saturated rings. The molecule has 0 radical (unpaired) electrons. The number of nitrogens with zero attached hydrogens (tertiary/aromatic N) is 1. The van der Waals surface area contributed by atoms with E-state index in [2.05, 4.69) is 4.98 Å². The highest BCUT2D eigenvalue weighted by Crippen LogP contribution is 2.23. The summed E-state index contributed by atoms with van der Waals surface area (Å²) < 4.78 is 0. The van der Waals surface area contributed by atoms with Gasteiger partial charge >= 0.3 is 10.8 Å². The lowest BCUT2D eigenvalue weighted by Crippen LogP contribution is -2.32. The SMILES string of the molecule is O=C(ON1C(=O)c2ccccc2C1=O)c1csc(=O)[nH]1.